The second kappa shape index (κ2) is 7.86. The Morgan fingerprint density at radius 3 is 2.21 bits per heavy atom. The highest BCUT2D eigenvalue weighted by atomic mass is 19.4. The lowest BCUT2D eigenvalue weighted by Gasteiger charge is -2.17. The minimum Gasteiger partial charge on any atom is -0.406 e. The van der Waals surface area contributed by atoms with Gasteiger partial charge < -0.3 is 9.64 Å². The molecule has 0 saturated carbocycles. The molecule has 0 saturated heterocycles. The number of benzene rings is 2. The summed E-state index contributed by atoms with van der Waals surface area (Å²) in [7, 11) is 1.67. The molecule has 0 unspecified atom stereocenters. The first-order valence-corrected chi connectivity index (χ1v) is 7.46. The van der Waals surface area contributed by atoms with Gasteiger partial charge in [0.1, 0.15) is 5.75 Å². The lowest BCUT2D eigenvalue weighted by molar-refractivity contribution is -0.274. The lowest BCUT2D eigenvalue weighted by Crippen LogP contribution is -2.26. The highest BCUT2D eigenvalue weighted by Crippen LogP contribution is 2.23. The number of carbonyl (C=O) groups is 1. The molecule has 0 bridgehead atoms. The number of hydrogen-bond acceptors (Lipinski definition) is 2. The van der Waals surface area contributed by atoms with Gasteiger partial charge in [-0.1, -0.05) is 42.5 Å². The third-order valence-electron chi connectivity index (χ3n) is 3.47. The molecule has 2 aromatic rings. The van der Waals surface area contributed by atoms with Gasteiger partial charge in [0.05, 0.1) is 0 Å². The van der Waals surface area contributed by atoms with E-state index in [1.54, 1.807) is 11.9 Å². The minimum atomic E-state index is -4.70. The number of aryl methyl sites for hydroxylation is 1. The minimum absolute atomic E-state index is 0.0190. The van der Waals surface area contributed by atoms with Gasteiger partial charge in [0.25, 0.3) is 0 Å². The van der Waals surface area contributed by atoms with E-state index in [1.807, 2.05) is 30.3 Å². The summed E-state index contributed by atoms with van der Waals surface area (Å²) in [5.74, 6) is -0.293. The molecule has 1 amide bonds. The summed E-state index contributed by atoms with van der Waals surface area (Å²) in [6.45, 7) is 0.333. The van der Waals surface area contributed by atoms with Crippen LogP contribution in [-0.4, -0.2) is 24.2 Å². The zero-order valence-corrected chi connectivity index (χ0v) is 13.2. The van der Waals surface area contributed by atoms with Crippen molar-refractivity contribution in [3.8, 4) is 5.75 Å². The zero-order chi connectivity index (χ0) is 17.6. The average Bonchev–Trinajstić information content (AvgIpc) is 2.54. The largest absolute Gasteiger partial charge is 0.573 e. The van der Waals surface area contributed by atoms with Crippen molar-refractivity contribution in [1.29, 1.82) is 0 Å². The second-order valence-electron chi connectivity index (χ2n) is 5.43. The van der Waals surface area contributed by atoms with Crippen molar-refractivity contribution in [1.82, 2.24) is 4.90 Å². The Balaban J connectivity index is 1.84. The molecule has 0 heterocycles. The molecule has 0 aromatic heterocycles. The monoisotopic (exact) mass is 337 g/mol. The van der Waals surface area contributed by atoms with Crippen LogP contribution in [0.15, 0.2) is 54.6 Å². The summed E-state index contributed by atoms with van der Waals surface area (Å²) in [5.41, 5.74) is 1.83. The van der Waals surface area contributed by atoms with E-state index in [4.69, 9.17) is 0 Å². The standard InChI is InChI=1S/C18H18F3NO2/c1-22(17(23)12-9-14-5-3-2-4-6-14)13-15-7-10-16(11-8-15)24-18(19,20)21/h2-8,10-11H,9,12-13H2,1H3. The molecule has 0 spiro atoms. The fourth-order valence-electron chi connectivity index (χ4n) is 2.25. The van der Waals surface area contributed by atoms with Crippen molar-refractivity contribution in [2.75, 3.05) is 7.05 Å². The molecule has 2 rings (SSSR count). The second-order valence-corrected chi connectivity index (χ2v) is 5.43. The fraction of sp³-hybridized carbons (Fsp3) is 0.278. The number of amides is 1. The van der Waals surface area contributed by atoms with Crippen molar-refractivity contribution in [3.63, 3.8) is 0 Å². The van der Waals surface area contributed by atoms with Crippen molar-refractivity contribution in [3.05, 3.63) is 65.7 Å². The third-order valence-corrected chi connectivity index (χ3v) is 3.47. The van der Waals surface area contributed by atoms with E-state index in [-0.39, 0.29) is 11.7 Å². The Bertz CT molecular complexity index is 654. The first-order valence-electron chi connectivity index (χ1n) is 7.46. The van der Waals surface area contributed by atoms with Crippen molar-refractivity contribution < 1.29 is 22.7 Å². The van der Waals surface area contributed by atoms with Gasteiger partial charge >= 0.3 is 6.36 Å². The number of hydrogen-bond donors (Lipinski definition) is 0. The number of rotatable bonds is 6. The van der Waals surface area contributed by atoms with Crippen LogP contribution >= 0.6 is 0 Å². The van der Waals surface area contributed by atoms with Crippen LogP contribution in [0.3, 0.4) is 0 Å². The van der Waals surface area contributed by atoms with Gasteiger partial charge in [-0.25, -0.2) is 0 Å². The Morgan fingerprint density at radius 1 is 1.00 bits per heavy atom. The van der Waals surface area contributed by atoms with Crippen LogP contribution in [-0.2, 0) is 17.8 Å². The molecule has 6 heteroatoms. The summed E-state index contributed by atoms with van der Waals surface area (Å²) in [5, 5.41) is 0. The quantitative estimate of drug-likeness (QED) is 0.791. The predicted octanol–water partition coefficient (Wildman–Crippen LogP) is 4.18. The molecule has 0 aliphatic heterocycles. The van der Waals surface area contributed by atoms with E-state index in [0.29, 0.717) is 19.4 Å². The van der Waals surface area contributed by atoms with Gasteiger partial charge in [-0.2, -0.15) is 0 Å². The maximum absolute atomic E-state index is 12.1. The molecule has 3 nitrogen and oxygen atoms in total. The highest BCUT2D eigenvalue weighted by molar-refractivity contribution is 5.76. The maximum atomic E-state index is 12.1. The molecule has 0 aliphatic carbocycles. The van der Waals surface area contributed by atoms with E-state index < -0.39 is 6.36 Å². The highest BCUT2D eigenvalue weighted by Gasteiger charge is 2.30. The SMILES string of the molecule is CN(Cc1ccc(OC(F)(F)F)cc1)C(=O)CCc1ccccc1. The Morgan fingerprint density at radius 2 is 1.62 bits per heavy atom. The van der Waals surface area contributed by atoms with Crippen LogP contribution in [0.5, 0.6) is 5.75 Å². The molecular weight excluding hydrogens is 319 g/mol. The molecule has 128 valence electrons. The molecule has 24 heavy (non-hydrogen) atoms. The lowest BCUT2D eigenvalue weighted by atomic mass is 10.1. The smallest absolute Gasteiger partial charge is 0.406 e. The summed E-state index contributed by atoms with van der Waals surface area (Å²) >= 11 is 0. The molecular formula is C18H18F3NO2. The fourth-order valence-corrected chi connectivity index (χ4v) is 2.25. The Labute approximate surface area is 138 Å². The molecule has 0 aliphatic rings. The van der Waals surface area contributed by atoms with Crippen LogP contribution in [0.4, 0.5) is 13.2 Å². The first kappa shape index (κ1) is 17.8. The first-order chi connectivity index (χ1) is 11.3. The zero-order valence-electron chi connectivity index (χ0n) is 13.2. The topological polar surface area (TPSA) is 29.5 Å². The van der Waals surface area contributed by atoms with E-state index in [2.05, 4.69) is 4.74 Å². The van der Waals surface area contributed by atoms with Crippen molar-refractivity contribution in [2.24, 2.45) is 0 Å². The Kier molecular flexibility index (Phi) is 5.84. The van der Waals surface area contributed by atoms with Gasteiger partial charge in [-0.3, -0.25) is 4.79 Å². The maximum Gasteiger partial charge on any atom is 0.573 e. The number of carbonyl (C=O) groups excluding carboxylic acids is 1. The van der Waals surface area contributed by atoms with E-state index in [1.165, 1.54) is 24.3 Å². The molecule has 0 N–H and O–H groups in total. The van der Waals surface area contributed by atoms with Crippen LogP contribution in [0, 0.1) is 0 Å². The number of nitrogens with zero attached hydrogens (tertiary/aromatic N) is 1. The molecule has 0 atom stereocenters. The van der Waals surface area contributed by atoms with Gasteiger partial charge in [-0.05, 0) is 29.7 Å². The predicted molar refractivity (Wildman–Crippen MR) is 84.4 cm³/mol. The van der Waals surface area contributed by atoms with Crippen LogP contribution in [0.25, 0.3) is 0 Å². The van der Waals surface area contributed by atoms with Crippen molar-refractivity contribution >= 4 is 5.91 Å². The summed E-state index contributed by atoms with van der Waals surface area (Å²) in [6.07, 6.45) is -3.66. The average molecular weight is 337 g/mol. The van der Waals surface area contributed by atoms with Gasteiger partial charge in [0.15, 0.2) is 0 Å². The van der Waals surface area contributed by atoms with Crippen LogP contribution < -0.4 is 4.74 Å². The van der Waals surface area contributed by atoms with Crippen molar-refractivity contribution in [2.45, 2.75) is 25.7 Å². The normalized spacial score (nSPS) is 11.2. The summed E-state index contributed by atoms with van der Waals surface area (Å²) in [4.78, 5) is 13.7. The van der Waals surface area contributed by atoms with E-state index in [0.717, 1.165) is 11.1 Å². The molecule has 0 radical (unpaired) electrons. The van der Waals surface area contributed by atoms with Gasteiger partial charge in [0.2, 0.25) is 5.91 Å². The number of ether oxygens (including phenoxy) is 1. The van der Waals surface area contributed by atoms with E-state index in [9.17, 15) is 18.0 Å². The summed E-state index contributed by atoms with van der Waals surface area (Å²) < 4.78 is 40.1. The number of halogens is 3. The van der Waals surface area contributed by atoms with Crippen LogP contribution in [0.2, 0.25) is 0 Å². The van der Waals surface area contributed by atoms with Gasteiger partial charge in [0, 0.05) is 20.0 Å². The summed E-state index contributed by atoms with van der Waals surface area (Å²) in [6, 6.07) is 15.2. The molecule has 2 aromatic carbocycles. The Hall–Kier alpha value is -2.50. The number of alkyl halides is 3. The van der Waals surface area contributed by atoms with Gasteiger partial charge in [-0.15, -0.1) is 13.2 Å². The molecule has 0 fully saturated rings. The van der Waals surface area contributed by atoms with E-state index >= 15 is 0 Å². The third kappa shape index (κ3) is 5.95. The van der Waals surface area contributed by atoms with Crippen LogP contribution in [0.1, 0.15) is 17.5 Å².